The summed E-state index contributed by atoms with van der Waals surface area (Å²) in [6.45, 7) is -5.43. The van der Waals surface area contributed by atoms with Crippen LogP contribution in [0.15, 0.2) is 0 Å². The van der Waals surface area contributed by atoms with Gasteiger partial charge in [0.25, 0.3) is 0 Å². The summed E-state index contributed by atoms with van der Waals surface area (Å²) >= 11 is 3.22. The number of aliphatic hydroxyl groups excluding tert-OH is 1. The van der Waals surface area contributed by atoms with Gasteiger partial charge in [0.15, 0.2) is 0 Å². The molecule has 0 saturated carbocycles. The van der Waals surface area contributed by atoms with Crippen LogP contribution in [0.25, 0.3) is 0 Å². The third kappa shape index (κ3) is 16.5. The Balaban J connectivity index is 0. The minimum atomic E-state index is -6.95. The Kier molecular flexibility index (Phi) is 19.5. The van der Waals surface area contributed by atoms with Crippen LogP contribution in [0.5, 0.6) is 0 Å². The summed E-state index contributed by atoms with van der Waals surface area (Å²) in [6.07, 6.45) is -37.9. The van der Waals surface area contributed by atoms with Gasteiger partial charge in [0.05, 0.1) is 58.8 Å². The molecule has 23 heteroatoms. The number of alkyl halides is 12. The van der Waals surface area contributed by atoms with Gasteiger partial charge in [0.2, 0.25) is 0 Å². The first-order chi connectivity index (χ1) is 17.7. The van der Waals surface area contributed by atoms with E-state index < -0.39 is 69.0 Å². The molecule has 247 valence electrons. The maximum absolute atomic E-state index is 13.5. The number of halogens is 12. The second kappa shape index (κ2) is 18.5. The van der Waals surface area contributed by atoms with Crippen molar-refractivity contribution in [2.24, 2.45) is 0 Å². The van der Waals surface area contributed by atoms with Gasteiger partial charge >= 0.3 is 36.7 Å². The smallest absolute Gasteiger partial charge is 0.394 e. The molecule has 0 bridgehead atoms. The topological polar surface area (TPSA) is 94.1 Å². The Morgan fingerprint density at radius 2 is 0.750 bits per heavy atom. The summed E-state index contributed by atoms with van der Waals surface area (Å²) in [7, 11) is 0. The van der Waals surface area contributed by atoms with Crippen molar-refractivity contribution in [3.8, 4) is 0 Å². The molecule has 0 amide bonds. The van der Waals surface area contributed by atoms with Crippen LogP contribution in [-0.2, 0) is 60.3 Å². The van der Waals surface area contributed by atoms with Crippen LogP contribution in [0, 0.1) is 0 Å². The van der Waals surface area contributed by atoms with E-state index in [0.29, 0.717) is 0 Å². The van der Waals surface area contributed by atoms with E-state index in [4.69, 9.17) is 19.3 Å². The first kappa shape index (κ1) is 42.0. The summed E-state index contributed by atoms with van der Waals surface area (Å²) in [5, 5.41) is 8.46. The van der Waals surface area contributed by atoms with E-state index >= 15 is 0 Å². The standard InChI is InChI=1S/C17H24F12O9S.Au/c18-12(19,9-34-8-7-33-6-5-32-4-3-31-2-1-30)36-14(22,23)16(26,27)38-17(28,29)15(24,25)37-13(20,21)10-35-11-39;/h30,39H,1-11H2;. The Hall–Kier alpha value is -0.110. The summed E-state index contributed by atoms with van der Waals surface area (Å²) in [6, 6.07) is 0. The van der Waals surface area contributed by atoms with Gasteiger partial charge in [-0.05, 0) is 0 Å². The van der Waals surface area contributed by atoms with Gasteiger partial charge < -0.3 is 28.8 Å². The van der Waals surface area contributed by atoms with Gasteiger partial charge in [-0.3, -0.25) is 0 Å². The van der Waals surface area contributed by atoms with Crippen molar-refractivity contribution in [2.75, 3.05) is 72.0 Å². The molecule has 0 aromatic carbocycles. The molecule has 0 saturated heterocycles. The summed E-state index contributed by atoms with van der Waals surface area (Å²) in [5.74, 6) is -0.859. The zero-order chi connectivity index (χ0) is 30.4. The predicted octanol–water partition coefficient (Wildman–Crippen LogP) is 3.55. The van der Waals surface area contributed by atoms with Crippen LogP contribution in [-0.4, -0.2) is 114 Å². The van der Waals surface area contributed by atoms with Crippen LogP contribution in [0.3, 0.4) is 0 Å². The van der Waals surface area contributed by atoms with E-state index in [1.807, 2.05) is 4.74 Å². The molecule has 0 aliphatic heterocycles. The van der Waals surface area contributed by atoms with Crippen molar-refractivity contribution in [2.45, 2.75) is 36.7 Å². The first-order valence-electron chi connectivity index (χ1n) is 10.2. The fourth-order valence-corrected chi connectivity index (χ4v) is 2.00. The Labute approximate surface area is 239 Å². The maximum atomic E-state index is 13.5. The molecule has 1 radical (unpaired) electrons. The minimum absolute atomic E-state index is 0. The van der Waals surface area contributed by atoms with Crippen molar-refractivity contribution >= 4 is 12.6 Å². The van der Waals surface area contributed by atoms with Crippen LogP contribution < -0.4 is 0 Å². The molecule has 0 atom stereocenters. The summed E-state index contributed by atoms with van der Waals surface area (Å²) in [4.78, 5) is 0. The Bertz CT molecular complexity index is 684. The normalized spacial score (nSPS) is 13.9. The molecule has 40 heavy (non-hydrogen) atoms. The van der Waals surface area contributed by atoms with Gasteiger partial charge in [-0.15, -0.1) is 0 Å². The molecule has 0 fully saturated rings. The van der Waals surface area contributed by atoms with Crippen molar-refractivity contribution in [3.63, 3.8) is 0 Å². The van der Waals surface area contributed by atoms with E-state index in [2.05, 4.69) is 31.6 Å². The fraction of sp³-hybridized carbons (Fsp3) is 1.00. The molecule has 0 aromatic heterocycles. The quantitative estimate of drug-likeness (QED) is 0.0499. The van der Waals surface area contributed by atoms with E-state index in [-0.39, 0.29) is 62.0 Å². The predicted molar refractivity (Wildman–Crippen MR) is 103 cm³/mol. The number of hydrogen-bond donors (Lipinski definition) is 2. The molecule has 0 spiro atoms. The summed E-state index contributed by atoms with van der Waals surface area (Å²) in [5.41, 5.74) is 0. The largest absolute Gasteiger partial charge is 0.453 e. The number of hydrogen-bond acceptors (Lipinski definition) is 10. The molecule has 0 unspecified atom stereocenters. The number of ether oxygens (including phenoxy) is 8. The third-order valence-corrected chi connectivity index (χ3v) is 3.65. The van der Waals surface area contributed by atoms with Gasteiger partial charge in [-0.2, -0.15) is 65.3 Å². The van der Waals surface area contributed by atoms with Crippen molar-refractivity contribution in [3.05, 3.63) is 0 Å². The zero-order valence-corrected chi connectivity index (χ0v) is 22.8. The molecule has 1 N–H and O–H groups in total. The SMILES string of the molecule is OCCOCCOCCOCCOCC(F)(F)OC(F)(F)C(F)(F)OC(F)(F)C(F)(F)OC(F)(F)COCS.[Au]. The monoisotopic (exact) mass is 829 g/mol. The first-order valence-corrected chi connectivity index (χ1v) is 10.9. The van der Waals surface area contributed by atoms with Crippen LogP contribution in [0.2, 0.25) is 0 Å². The molecule has 0 aliphatic rings. The molecule has 0 heterocycles. The van der Waals surface area contributed by atoms with Crippen LogP contribution in [0.4, 0.5) is 52.7 Å². The van der Waals surface area contributed by atoms with E-state index in [9.17, 15) is 52.7 Å². The maximum Gasteiger partial charge on any atom is 0.453 e. The van der Waals surface area contributed by atoms with Crippen molar-refractivity contribution in [1.29, 1.82) is 0 Å². The van der Waals surface area contributed by atoms with Crippen LogP contribution in [0.1, 0.15) is 0 Å². The third-order valence-electron chi connectivity index (χ3n) is 3.47. The second-order valence-electron chi connectivity index (χ2n) is 6.74. The van der Waals surface area contributed by atoms with E-state index in [1.165, 1.54) is 0 Å². The number of rotatable bonds is 24. The number of aliphatic hydroxyl groups is 1. The number of thiol groups is 1. The van der Waals surface area contributed by atoms with Gasteiger partial charge in [0.1, 0.15) is 13.2 Å². The fourth-order valence-electron chi connectivity index (χ4n) is 1.91. The van der Waals surface area contributed by atoms with E-state index in [1.54, 1.807) is 0 Å². The molecule has 0 rings (SSSR count). The average molecular weight is 829 g/mol. The Morgan fingerprint density at radius 1 is 0.450 bits per heavy atom. The molecule has 9 nitrogen and oxygen atoms in total. The average Bonchev–Trinajstić information content (AvgIpc) is 2.76. The minimum Gasteiger partial charge on any atom is -0.394 e. The molecular weight excluding hydrogens is 805 g/mol. The van der Waals surface area contributed by atoms with Gasteiger partial charge in [0, 0.05) is 22.4 Å². The van der Waals surface area contributed by atoms with Crippen molar-refractivity contribution < 1.29 is 118 Å². The van der Waals surface area contributed by atoms with Crippen molar-refractivity contribution in [1.82, 2.24) is 0 Å². The van der Waals surface area contributed by atoms with Gasteiger partial charge in [-0.25, -0.2) is 14.2 Å². The molecule has 0 aromatic rings. The Morgan fingerprint density at radius 3 is 1.10 bits per heavy atom. The zero-order valence-electron chi connectivity index (χ0n) is 19.8. The molecule has 0 aliphatic carbocycles. The second-order valence-corrected chi connectivity index (χ2v) is 7.00. The summed E-state index contributed by atoms with van der Waals surface area (Å²) < 4.78 is 190. The molecular formula is C17H24AuF12O9S. The van der Waals surface area contributed by atoms with Gasteiger partial charge in [-0.1, -0.05) is 0 Å². The van der Waals surface area contributed by atoms with Crippen LogP contribution >= 0.6 is 12.6 Å². The van der Waals surface area contributed by atoms with E-state index in [0.717, 1.165) is 0 Å².